The SMILES string of the molecule is C=CC(=O)NCc1ccnc(C#N)c1. The van der Waals surface area contributed by atoms with Gasteiger partial charge in [-0.2, -0.15) is 5.26 Å². The first kappa shape index (κ1) is 9.93. The average molecular weight is 187 g/mol. The molecule has 4 nitrogen and oxygen atoms in total. The molecule has 70 valence electrons. The summed E-state index contributed by atoms with van der Waals surface area (Å²) in [6, 6.07) is 5.29. The number of carbonyl (C=O) groups is 1. The third kappa shape index (κ3) is 2.72. The Morgan fingerprint density at radius 3 is 3.21 bits per heavy atom. The Morgan fingerprint density at radius 2 is 2.57 bits per heavy atom. The fourth-order valence-corrected chi connectivity index (χ4v) is 0.907. The second-order valence-electron chi connectivity index (χ2n) is 2.58. The number of pyridine rings is 1. The highest BCUT2D eigenvalue weighted by atomic mass is 16.1. The van der Waals surface area contributed by atoms with Crippen LogP contribution >= 0.6 is 0 Å². The highest BCUT2D eigenvalue weighted by Crippen LogP contribution is 1.99. The van der Waals surface area contributed by atoms with Crippen LogP contribution in [-0.4, -0.2) is 10.9 Å². The minimum absolute atomic E-state index is 0.236. The lowest BCUT2D eigenvalue weighted by molar-refractivity contribution is -0.116. The molecule has 1 aromatic heterocycles. The Hall–Kier alpha value is -2.15. The largest absolute Gasteiger partial charge is 0.348 e. The standard InChI is InChI=1S/C10H9N3O/c1-2-10(14)13-7-8-3-4-12-9(5-8)6-11/h2-5H,1,7H2,(H,13,14). The van der Waals surface area contributed by atoms with E-state index in [1.807, 2.05) is 6.07 Å². The highest BCUT2D eigenvalue weighted by molar-refractivity contribution is 5.86. The van der Waals surface area contributed by atoms with E-state index in [2.05, 4.69) is 16.9 Å². The Morgan fingerprint density at radius 1 is 1.79 bits per heavy atom. The summed E-state index contributed by atoms with van der Waals surface area (Å²) < 4.78 is 0. The van der Waals surface area contributed by atoms with Crippen molar-refractivity contribution in [1.29, 1.82) is 5.26 Å². The summed E-state index contributed by atoms with van der Waals surface area (Å²) >= 11 is 0. The van der Waals surface area contributed by atoms with E-state index in [4.69, 9.17) is 5.26 Å². The fourth-order valence-electron chi connectivity index (χ4n) is 0.907. The number of carbonyl (C=O) groups excluding carboxylic acids is 1. The number of nitriles is 1. The molecule has 1 amide bonds. The molecule has 0 aliphatic heterocycles. The predicted molar refractivity (Wildman–Crippen MR) is 51.0 cm³/mol. The van der Waals surface area contributed by atoms with Crippen LogP contribution in [-0.2, 0) is 11.3 Å². The van der Waals surface area contributed by atoms with Crippen LogP contribution in [0.5, 0.6) is 0 Å². The molecule has 0 unspecified atom stereocenters. The van der Waals surface area contributed by atoms with E-state index in [1.54, 1.807) is 12.1 Å². The normalized spacial score (nSPS) is 8.79. The minimum atomic E-state index is -0.236. The van der Waals surface area contributed by atoms with Crippen molar-refractivity contribution < 1.29 is 4.79 Å². The van der Waals surface area contributed by atoms with Crippen LogP contribution in [0.1, 0.15) is 11.3 Å². The summed E-state index contributed by atoms with van der Waals surface area (Å²) in [4.78, 5) is 14.6. The summed E-state index contributed by atoms with van der Waals surface area (Å²) in [5, 5.41) is 11.2. The van der Waals surface area contributed by atoms with Crippen molar-refractivity contribution in [1.82, 2.24) is 10.3 Å². The van der Waals surface area contributed by atoms with Crippen LogP contribution in [0.25, 0.3) is 0 Å². The zero-order chi connectivity index (χ0) is 10.4. The first-order valence-corrected chi connectivity index (χ1v) is 4.01. The van der Waals surface area contributed by atoms with Gasteiger partial charge in [0, 0.05) is 12.7 Å². The smallest absolute Gasteiger partial charge is 0.243 e. The van der Waals surface area contributed by atoms with Gasteiger partial charge in [0.25, 0.3) is 0 Å². The zero-order valence-corrected chi connectivity index (χ0v) is 7.53. The van der Waals surface area contributed by atoms with Crippen molar-refractivity contribution >= 4 is 5.91 Å². The molecule has 0 aliphatic carbocycles. The number of hydrogen-bond donors (Lipinski definition) is 1. The van der Waals surface area contributed by atoms with Crippen molar-refractivity contribution in [2.45, 2.75) is 6.54 Å². The van der Waals surface area contributed by atoms with Crippen molar-refractivity contribution in [3.63, 3.8) is 0 Å². The van der Waals surface area contributed by atoms with Crippen molar-refractivity contribution in [2.24, 2.45) is 0 Å². The van der Waals surface area contributed by atoms with Gasteiger partial charge in [0.05, 0.1) is 0 Å². The van der Waals surface area contributed by atoms with Gasteiger partial charge in [0.2, 0.25) is 5.91 Å². The first-order valence-electron chi connectivity index (χ1n) is 4.01. The quantitative estimate of drug-likeness (QED) is 0.710. The van der Waals surface area contributed by atoms with Gasteiger partial charge in [-0.05, 0) is 23.8 Å². The maximum Gasteiger partial charge on any atom is 0.243 e. The molecule has 0 saturated heterocycles. The molecule has 1 heterocycles. The molecule has 4 heteroatoms. The molecule has 0 saturated carbocycles. The van der Waals surface area contributed by atoms with Crippen molar-refractivity contribution in [3.05, 3.63) is 42.2 Å². The van der Waals surface area contributed by atoms with Crippen LogP contribution in [0.3, 0.4) is 0 Å². The average Bonchev–Trinajstić information content (AvgIpc) is 2.26. The Labute approximate surface area is 81.9 Å². The third-order valence-corrected chi connectivity index (χ3v) is 1.59. The van der Waals surface area contributed by atoms with Gasteiger partial charge in [-0.15, -0.1) is 0 Å². The molecular formula is C10H9N3O. The van der Waals surface area contributed by atoms with Gasteiger partial charge in [-0.3, -0.25) is 4.79 Å². The van der Waals surface area contributed by atoms with Crippen molar-refractivity contribution in [2.75, 3.05) is 0 Å². The first-order chi connectivity index (χ1) is 6.76. The van der Waals surface area contributed by atoms with Gasteiger partial charge < -0.3 is 5.32 Å². The summed E-state index contributed by atoms with van der Waals surface area (Å²) in [6.07, 6.45) is 2.74. The highest BCUT2D eigenvalue weighted by Gasteiger charge is 1.97. The number of nitrogens with zero attached hydrogens (tertiary/aromatic N) is 2. The zero-order valence-electron chi connectivity index (χ0n) is 7.53. The van der Waals surface area contributed by atoms with Gasteiger partial charge >= 0.3 is 0 Å². The van der Waals surface area contributed by atoms with E-state index in [-0.39, 0.29) is 5.91 Å². The molecule has 0 radical (unpaired) electrons. The maximum absolute atomic E-state index is 10.8. The summed E-state index contributed by atoms with van der Waals surface area (Å²) in [5.74, 6) is -0.236. The summed E-state index contributed by atoms with van der Waals surface area (Å²) in [7, 11) is 0. The van der Waals surface area contributed by atoms with Crippen molar-refractivity contribution in [3.8, 4) is 6.07 Å². The predicted octanol–water partition coefficient (Wildman–Crippen LogP) is 0.755. The Bertz CT molecular complexity index is 393. The lowest BCUT2D eigenvalue weighted by Gasteiger charge is -2.01. The van der Waals surface area contributed by atoms with Crippen LogP contribution in [0.15, 0.2) is 31.0 Å². The number of rotatable bonds is 3. The molecule has 0 atom stereocenters. The van der Waals surface area contributed by atoms with E-state index in [0.29, 0.717) is 12.2 Å². The number of amides is 1. The van der Waals surface area contributed by atoms with Gasteiger partial charge in [0.1, 0.15) is 11.8 Å². The van der Waals surface area contributed by atoms with Gasteiger partial charge in [0.15, 0.2) is 0 Å². The molecular weight excluding hydrogens is 178 g/mol. The fraction of sp³-hybridized carbons (Fsp3) is 0.100. The number of aromatic nitrogens is 1. The molecule has 0 fully saturated rings. The third-order valence-electron chi connectivity index (χ3n) is 1.59. The molecule has 0 spiro atoms. The Kier molecular flexibility index (Phi) is 3.39. The maximum atomic E-state index is 10.8. The van der Waals surface area contributed by atoms with Gasteiger partial charge in [-0.25, -0.2) is 4.98 Å². The molecule has 14 heavy (non-hydrogen) atoms. The Balaban J connectivity index is 2.64. The summed E-state index contributed by atoms with van der Waals surface area (Å²) in [6.45, 7) is 3.71. The van der Waals surface area contributed by atoms with E-state index in [9.17, 15) is 4.79 Å². The van der Waals surface area contributed by atoms with E-state index in [1.165, 1.54) is 12.3 Å². The van der Waals surface area contributed by atoms with E-state index in [0.717, 1.165) is 5.56 Å². The van der Waals surface area contributed by atoms with E-state index >= 15 is 0 Å². The van der Waals surface area contributed by atoms with Gasteiger partial charge in [-0.1, -0.05) is 6.58 Å². The van der Waals surface area contributed by atoms with Crippen LogP contribution < -0.4 is 5.32 Å². The van der Waals surface area contributed by atoms with Crippen LogP contribution in [0.2, 0.25) is 0 Å². The molecule has 1 rings (SSSR count). The second-order valence-corrected chi connectivity index (χ2v) is 2.58. The molecule has 0 aromatic carbocycles. The molecule has 0 aliphatic rings. The number of nitrogens with one attached hydrogen (secondary N) is 1. The second kappa shape index (κ2) is 4.77. The molecule has 1 aromatic rings. The molecule has 1 N–H and O–H groups in total. The lowest BCUT2D eigenvalue weighted by atomic mass is 10.2. The summed E-state index contributed by atoms with van der Waals surface area (Å²) in [5.41, 5.74) is 1.18. The van der Waals surface area contributed by atoms with Crippen LogP contribution in [0, 0.1) is 11.3 Å². The number of hydrogen-bond acceptors (Lipinski definition) is 3. The lowest BCUT2D eigenvalue weighted by Crippen LogP contribution is -2.19. The van der Waals surface area contributed by atoms with Crippen LogP contribution in [0.4, 0.5) is 0 Å². The monoisotopic (exact) mass is 187 g/mol. The minimum Gasteiger partial charge on any atom is -0.348 e. The molecule has 0 bridgehead atoms. The van der Waals surface area contributed by atoms with E-state index < -0.39 is 0 Å². The topological polar surface area (TPSA) is 65.8 Å².